The van der Waals surface area contributed by atoms with E-state index < -0.39 is 0 Å². The molecule has 2 aromatic heterocycles. The van der Waals surface area contributed by atoms with E-state index in [9.17, 15) is 4.79 Å². The normalized spacial score (nSPS) is 19.7. The number of nitrogens with one attached hydrogen (secondary N) is 3. The maximum absolute atomic E-state index is 12.4. The molecule has 0 aliphatic carbocycles. The Hall–Kier alpha value is -3.03. The van der Waals surface area contributed by atoms with Gasteiger partial charge in [0, 0.05) is 23.5 Å². The molecule has 3 heterocycles. The summed E-state index contributed by atoms with van der Waals surface area (Å²) in [6.45, 7) is 0. The highest BCUT2D eigenvalue weighted by molar-refractivity contribution is 5.95. The van der Waals surface area contributed by atoms with Gasteiger partial charge < -0.3 is 9.84 Å². The summed E-state index contributed by atoms with van der Waals surface area (Å²) < 4.78 is 5.11. The van der Waals surface area contributed by atoms with Crippen LogP contribution in [0.3, 0.4) is 0 Å². The van der Waals surface area contributed by atoms with Crippen molar-refractivity contribution in [3.05, 3.63) is 66.6 Å². The second-order valence-corrected chi connectivity index (χ2v) is 5.83. The molecule has 1 aliphatic rings. The highest BCUT2D eigenvalue weighted by Gasteiger charge is 2.30. The second-order valence-electron chi connectivity index (χ2n) is 5.83. The van der Waals surface area contributed by atoms with Crippen LogP contribution in [-0.4, -0.2) is 22.1 Å². The van der Waals surface area contributed by atoms with E-state index in [1.807, 2.05) is 42.5 Å². The molecular weight excluding hydrogens is 318 g/mol. The molecule has 1 aliphatic heterocycles. The number of nitrogens with zero attached hydrogens (tertiary/aromatic N) is 2. The zero-order chi connectivity index (χ0) is 17.1. The molecule has 2 atom stereocenters. The van der Waals surface area contributed by atoms with Crippen molar-refractivity contribution in [1.82, 2.24) is 21.0 Å². The van der Waals surface area contributed by atoms with Gasteiger partial charge in [0.1, 0.15) is 6.04 Å². The average molecular weight is 335 g/mol. The third-order valence-electron chi connectivity index (χ3n) is 4.14. The Kier molecular flexibility index (Phi) is 4.24. The molecule has 7 nitrogen and oxygen atoms in total. The maximum Gasteiger partial charge on any atom is 0.242 e. The van der Waals surface area contributed by atoms with E-state index in [2.05, 4.69) is 26.3 Å². The first-order valence-corrected chi connectivity index (χ1v) is 8.03. The van der Waals surface area contributed by atoms with Crippen molar-refractivity contribution in [1.29, 1.82) is 0 Å². The Morgan fingerprint density at radius 2 is 1.96 bits per heavy atom. The van der Waals surface area contributed by atoms with Crippen LogP contribution < -0.4 is 16.2 Å². The molecule has 3 aromatic rings. The van der Waals surface area contributed by atoms with Crippen LogP contribution in [0.5, 0.6) is 0 Å². The van der Waals surface area contributed by atoms with Crippen LogP contribution in [0.2, 0.25) is 0 Å². The van der Waals surface area contributed by atoms with Crippen molar-refractivity contribution in [2.24, 2.45) is 0 Å². The third-order valence-corrected chi connectivity index (χ3v) is 4.14. The molecule has 1 amide bonds. The summed E-state index contributed by atoms with van der Waals surface area (Å²) in [5.41, 5.74) is 8.72. The van der Waals surface area contributed by atoms with Crippen LogP contribution in [-0.2, 0) is 4.79 Å². The number of hydrogen-bond acceptors (Lipinski definition) is 6. The van der Waals surface area contributed by atoms with Gasteiger partial charge in [-0.15, -0.1) is 0 Å². The predicted octanol–water partition coefficient (Wildman–Crippen LogP) is 2.28. The van der Waals surface area contributed by atoms with Crippen molar-refractivity contribution in [2.75, 3.05) is 5.32 Å². The minimum Gasteiger partial charge on any atom is -0.356 e. The lowest BCUT2D eigenvalue weighted by molar-refractivity contribution is -0.117. The number of pyridine rings is 1. The predicted molar refractivity (Wildman–Crippen MR) is 92.2 cm³/mol. The molecule has 7 heteroatoms. The molecule has 4 rings (SSSR count). The molecule has 1 fully saturated rings. The molecule has 25 heavy (non-hydrogen) atoms. The standard InChI is InChI=1S/C18H17N5O2/c24-18(16-11-15(22-23-16)14-3-1-2-9-19-14)21-13-6-4-12(5-7-13)17-8-10-20-25-17/h1-10,15-16,22-23H,11H2,(H,21,24). The van der Waals surface area contributed by atoms with Gasteiger partial charge in [0.25, 0.3) is 0 Å². The lowest BCUT2D eigenvalue weighted by Gasteiger charge is -2.11. The lowest BCUT2D eigenvalue weighted by atomic mass is 10.1. The van der Waals surface area contributed by atoms with Crippen LogP contribution in [0.15, 0.2) is 65.4 Å². The van der Waals surface area contributed by atoms with Gasteiger partial charge in [-0.25, -0.2) is 10.9 Å². The zero-order valence-corrected chi connectivity index (χ0v) is 13.3. The number of carbonyl (C=O) groups excluding carboxylic acids is 1. The Labute approximate surface area is 144 Å². The SMILES string of the molecule is O=C(Nc1ccc(-c2ccno2)cc1)C1CC(c2ccccn2)NN1. The first kappa shape index (κ1) is 15.5. The molecule has 2 unspecified atom stereocenters. The van der Waals surface area contributed by atoms with Gasteiger partial charge in [-0.2, -0.15) is 0 Å². The number of aromatic nitrogens is 2. The fourth-order valence-electron chi connectivity index (χ4n) is 2.82. The van der Waals surface area contributed by atoms with Crippen LogP contribution in [0.4, 0.5) is 5.69 Å². The molecule has 0 spiro atoms. The molecule has 0 radical (unpaired) electrons. The number of anilines is 1. The van der Waals surface area contributed by atoms with Gasteiger partial charge >= 0.3 is 0 Å². The van der Waals surface area contributed by atoms with Crippen molar-refractivity contribution >= 4 is 11.6 Å². The summed E-state index contributed by atoms with van der Waals surface area (Å²) in [6, 6.07) is 14.7. The van der Waals surface area contributed by atoms with Crippen LogP contribution in [0.25, 0.3) is 11.3 Å². The molecule has 0 saturated carbocycles. The number of amides is 1. The van der Waals surface area contributed by atoms with E-state index in [1.165, 1.54) is 0 Å². The minimum atomic E-state index is -0.319. The van der Waals surface area contributed by atoms with Gasteiger partial charge in [-0.1, -0.05) is 11.2 Å². The van der Waals surface area contributed by atoms with Crippen molar-refractivity contribution in [2.45, 2.75) is 18.5 Å². The van der Waals surface area contributed by atoms with E-state index in [-0.39, 0.29) is 18.0 Å². The van der Waals surface area contributed by atoms with Gasteiger partial charge in [-0.05, 0) is 42.8 Å². The van der Waals surface area contributed by atoms with Crippen molar-refractivity contribution < 1.29 is 9.32 Å². The summed E-state index contributed by atoms with van der Waals surface area (Å²) >= 11 is 0. The van der Waals surface area contributed by atoms with E-state index in [4.69, 9.17) is 4.52 Å². The monoisotopic (exact) mass is 335 g/mol. The van der Waals surface area contributed by atoms with Crippen LogP contribution in [0, 0.1) is 0 Å². The largest absolute Gasteiger partial charge is 0.356 e. The highest BCUT2D eigenvalue weighted by atomic mass is 16.5. The Morgan fingerprint density at radius 3 is 2.68 bits per heavy atom. The Morgan fingerprint density at radius 1 is 1.08 bits per heavy atom. The molecular formula is C18H17N5O2. The average Bonchev–Trinajstić information content (AvgIpc) is 3.35. The van der Waals surface area contributed by atoms with Gasteiger partial charge in [0.05, 0.1) is 17.9 Å². The van der Waals surface area contributed by atoms with Crippen molar-refractivity contribution in [3.8, 4) is 11.3 Å². The molecule has 0 bridgehead atoms. The Bertz CT molecular complexity index is 834. The molecule has 1 saturated heterocycles. The number of carbonyl (C=O) groups is 1. The van der Waals surface area contributed by atoms with Gasteiger partial charge in [0.15, 0.2) is 5.76 Å². The summed E-state index contributed by atoms with van der Waals surface area (Å²) in [5, 5.41) is 6.61. The summed E-state index contributed by atoms with van der Waals surface area (Å²) in [7, 11) is 0. The van der Waals surface area contributed by atoms with Gasteiger partial charge in [-0.3, -0.25) is 9.78 Å². The fourth-order valence-corrected chi connectivity index (χ4v) is 2.82. The Balaban J connectivity index is 1.38. The molecule has 1 aromatic carbocycles. The third kappa shape index (κ3) is 3.42. The van der Waals surface area contributed by atoms with Gasteiger partial charge in [0.2, 0.25) is 5.91 Å². The van der Waals surface area contributed by atoms with E-state index in [0.29, 0.717) is 12.2 Å². The van der Waals surface area contributed by atoms with Crippen LogP contribution in [0.1, 0.15) is 18.2 Å². The number of hydrogen-bond donors (Lipinski definition) is 3. The number of rotatable bonds is 4. The number of benzene rings is 1. The maximum atomic E-state index is 12.4. The highest BCUT2D eigenvalue weighted by Crippen LogP contribution is 2.23. The second kappa shape index (κ2) is 6.84. The van der Waals surface area contributed by atoms with E-state index in [0.717, 1.165) is 16.9 Å². The first-order chi connectivity index (χ1) is 12.3. The van der Waals surface area contributed by atoms with Crippen LogP contribution >= 0.6 is 0 Å². The smallest absolute Gasteiger partial charge is 0.242 e. The zero-order valence-electron chi connectivity index (χ0n) is 13.3. The first-order valence-electron chi connectivity index (χ1n) is 8.03. The molecule has 3 N–H and O–H groups in total. The summed E-state index contributed by atoms with van der Waals surface area (Å²) in [4.78, 5) is 16.8. The fraction of sp³-hybridized carbons (Fsp3) is 0.167. The van der Waals surface area contributed by atoms with Crippen molar-refractivity contribution in [3.63, 3.8) is 0 Å². The minimum absolute atomic E-state index is 0.0192. The summed E-state index contributed by atoms with van der Waals surface area (Å²) in [5.74, 6) is 0.607. The van der Waals surface area contributed by atoms with E-state index in [1.54, 1.807) is 18.5 Å². The molecule has 126 valence electrons. The topological polar surface area (TPSA) is 92.1 Å². The number of hydrazine groups is 1. The lowest BCUT2D eigenvalue weighted by Crippen LogP contribution is -2.39. The van der Waals surface area contributed by atoms with E-state index >= 15 is 0 Å². The quantitative estimate of drug-likeness (QED) is 0.677. The summed E-state index contributed by atoms with van der Waals surface area (Å²) in [6.07, 6.45) is 3.99.